The van der Waals surface area contributed by atoms with Crippen molar-refractivity contribution in [2.24, 2.45) is 0 Å². The van der Waals surface area contributed by atoms with E-state index in [0.29, 0.717) is 11.3 Å². The van der Waals surface area contributed by atoms with Crippen LogP contribution >= 0.6 is 11.6 Å². The van der Waals surface area contributed by atoms with Crippen molar-refractivity contribution in [3.8, 4) is 0 Å². The fourth-order valence-electron chi connectivity index (χ4n) is 1.63. The molecule has 0 spiro atoms. The molecule has 0 amide bonds. The Morgan fingerprint density at radius 2 is 1.80 bits per heavy atom. The largest absolute Gasteiger partial charge is 0.398 e. The zero-order chi connectivity index (χ0) is 14.8. The number of nitrogen functional groups attached to an aromatic ring is 1. The Kier molecular flexibility index (Phi) is 4.17. The van der Waals surface area contributed by atoms with Crippen molar-refractivity contribution in [2.75, 3.05) is 10.5 Å². The molecule has 0 heterocycles. The van der Waals surface area contributed by atoms with Crippen molar-refractivity contribution in [3.63, 3.8) is 0 Å². The number of hydrogen-bond donors (Lipinski definition) is 3. The highest BCUT2D eigenvalue weighted by Crippen LogP contribution is 2.25. The molecular formula is C13H13ClN2O3S. The average Bonchev–Trinajstić information content (AvgIpc) is 2.42. The van der Waals surface area contributed by atoms with Crippen molar-refractivity contribution >= 4 is 33.0 Å². The number of benzene rings is 2. The summed E-state index contributed by atoms with van der Waals surface area (Å²) in [5, 5.41) is 9.22. The van der Waals surface area contributed by atoms with Crippen molar-refractivity contribution in [1.29, 1.82) is 0 Å². The predicted octanol–water partition coefficient (Wildman–Crippen LogP) is 2.22. The fraction of sp³-hybridized carbons (Fsp3) is 0.0769. The molecule has 0 fully saturated rings. The van der Waals surface area contributed by atoms with Crippen LogP contribution in [0.5, 0.6) is 0 Å². The van der Waals surface area contributed by atoms with Crippen LogP contribution in [0.1, 0.15) is 5.56 Å². The first-order chi connectivity index (χ1) is 9.42. The summed E-state index contributed by atoms with van der Waals surface area (Å²) in [6, 6.07) is 10.6. The van der Waals surface area contributed by atoms with E-state index in [0.717, 1.165) is 0 Å². The van der Waals surface area contributed by atoms with Crippen LogP contribution < -0.4 is 10.5 Å². The van der Waals surface area contributed by atoms with E-state index in [2.05, 4.69) is 4.72 Å². The van der Waals surface area contributed by atoms with E-state index in [9.17, 15) is 8.42 Å². The lowest BCUT2D eigenvalue weighted by Crippen LogP contribution is -2.14. The van der Waals surface area contributed by atoms with Crippen molar-refractivity contribution in [3.05, 3.63) is 53.1 Å². The Morgan fingerprint density at radius 3 is 2.40 bits per heavy atom. The lowest BCUT2D eigenvalue weighted by molar-refractivity contribution is 0.282. The highest BCUT2D eigenvalue weighted by molar-refractivity contribution is 7.92. The molecule has 2 aromatic rings. The molecule has 0 atom stereocenters. The van der Waals surface area contributed by atoms with Gasteiger partial charge in [-0.15, -0.1) is 0 Å². The number of sulfonamides is 1. The summed E-state index contributed by atoms with van der Waals surface area (Å²) >= 11 is 5.79. The van der Waals surface area contributed by atoms with Gasteiger partial charge in [-0.2, -0.15) is 0 Å². The van der Waals surface area contributed by atoms with Gasteiger partial charge < -0.3 is 10.8 Å². The first-order valence-corrected chi connectivity index (χ1v) is 7.56. The highest BCUT2D eigenvalue weighted by atomic mass is 35.5. The molecule has 0 radical (unpaired) electrons. The Balaban J connectivity index is 2.32. The number of hydrogen-bond acceptors (Lipinski definition) is 4. The SMILES string of the molecule is Nc1ccc(Cl)cc1S(=O)(=O)Nc1ccc(CO)cc1. The van der Waals surface area contributed by atoms with Gasteiger partial charge in [0.2, 0.25) is 0 Å². The monoisotopic (exact) mass is 312 g/mol. The summed E-state index contributed by atoms with van der Waals surface area (Å²) in [6.07, 6.45) is 0. The maximum atomic E-state index is 12.2. The Hall–Kier alpha value is -1.76. The predicted molar refractivity (Wildman–Crippen MR) is 79.0 cm³/mol. The van der Waals surface area contributed by atoms with E-state index in [-0.39, 0.29) is 22.2 Å². The van der Waals surface area contributed by atoms with E-state index in [4.69, 9.17) is 22.4 Å². The first-order valence-electron chi connectivity index (χ1n) is 5.70. The molecule has 20 heavy (non-hydrogen) atoms. The van der Waals surface area contributed by atoms with Crippen LogP contribution in [-0.2, 0) is 16.6 Å². The number of nitrogens with one attached hydrogen (secondary N) is 1. The van der Waals surface area contributed by atoms with Gasteiger partial charge in [-0.05, 0) is 35.9 Å². The lowest BCUT2D eigenvalue weighted by Gasteiger charge is -2.10. The Bertz CT molecular complexity index is 715. The molecule has 2 aromatic carbocycles. The van der Waals surface area contributed by atoms with Crippen LogP contribution in [0.3, 0.4) is 0 Å². The van der Waals surface area contributed by atoms with E-state index >= 15 is 0 Å². The van der Waals surface area contributed by atoms with Gasteiger partial charge in [-0.25, -0.2) is 8.42 Å². The van der Waals surface area contributed by atoms with Crippen LogP contribution in [0.15, 0.2) is 47.4 Å². The Morgan fingerprint density at radius 1 is 1.15 bits per heavy atom. The highest BCUT2D eigenvalue weighted by Gasteiger charge is 2.18. The summed E-state index contributed by atoms with van der Waals surface area (Å²) < 4.78 is 26.9. The second-order valence-electron chi connectivity index (χ2n) is 4.14. The number of aliphatic hydroxyl groups excluding tert-OH is 1. The third-order valence-electron chi connectivity index (χ3n) is 2.65. The molecule has 5 nitrogen and oxygen atoms in total. The smallest absolute Gasteiger partial charge is 0.263 e. The van der Waals surface area contributed by atoms with Gasteiger partial charge in [0.1, 0.15) is 4.90 Å². The molecule has 4 N–H and O–H groups in total. The minimum absolute atomic E-state index is 0.0729. The summed E-state index contributed by atoms with van der Waals surface area (Å²) in [7, 11) is -3.81. The molecule has 0 saturated carbocycles. The van der Waals surface area contributed by atoms with Crippen molar-refractivity contribution in [2.45, 2.75) is 11.5 Å². The quantitative estimate of drug-likeness (QED) is 0.755. The van der Waals surface area contributed by atoms with Crippen LogP contribution in [0.2, 0.25) is 5.02 Å². The number of nitrogens with two attached hydrogens (primary N) is 1. The molecular weight excluding hydrogens is 300 g/mol. The summed E-state index contributed by atoms with van der Waals surface area (Å²) in [6.45, 7) is -0.103. The van der Waals surface area contributed by atoms with Gasteiger partial charge in [-0.1, -0.05) is 23.7 Å². The lowest BCUT2D eigenvalue weighted by atomic mass is 10.2. The average molecular weight is 313 g/mol. The molecule has 7 heteroatoms. The fourth-order valence-corrected chi connectivity index (χ4v) is 3.08. The second kappa shape index (κ2) is 5.70. The van der Waals surface area contributed by atoms with Crippen LogP contribution in [0.4, 0.5) is 11.4 Å². The standard InChI is InChI=1S/C13H13ClN2O3S/c14-10-3-6-12(15)13(7-10)20(18,19)16-11-4-1-9(8-17)2-5-11/h1-7,16-17H,8,15H2. The van der Waals surface area contributed by atoms with E-state index in [1.54, 1.807) is 24.3 Å². The van der Waals surface area contributed by atoms with Crippen molar-refractivity contribution < 1.29 is 13.5 Å². The van der Waals surface area contributed by atoms with E-state index < -0.39 is 10.0 Å². The van der Waals surface area contributed by atoms with Crippen LogP contribution in [-0.4, -0.2) is 13.5 Å². The Labute approximate surface area is 122 Å². The maximum absolute atomic E-state index is 12.2. The second-order valence-corrected chi connectivity index (χ2v) is 6.23. The molecule has 0 saturated heterocycles. The molecule has 0 aliphatic heterocycles. The zero-order valence-corrected chi connectivity index (χ0v) is 11.9. The minimum atomic E-state index is -3.81. The van der Waals surface area contributed by atoms with Gasteiger partial charge >= 0.3 is 0 Å². The van der Waals surface area contributed by atoms with Crippen molar-refractivity contribution in [1.82, 2.24) is 0 Å². The number of anilines is 2. The molecule has 0 aromatic heterocycles. The molecule has 106 valence electrons. The molecule has 0 aliphatic carbocycles. The van der Waals surface area contributed by atoms with Gasteiger partial charge in [0.05, 0.1) is 12.3 Å². The third-order valence-corrected chi connectivity index (χ3v) is 4.33. The third kappa shape index (κ3) is 3.22. The minimum Gasteiger partial charge on any atom is -0.398 e. The summed E-state index contributed by atoms with van der Waals surface area (Å²) in [4.78, 5) is -0.0729. The normalized spacial score (nSPS) is 11.3. The van der Waals surface area contributed by atoms with Gasteiger partial charge in [0.25, 0.3) is 10.0 Å². The van der Waals surface area contributed by atoms with Crippen LogP contribution in [0.25, 0.3) is 0 Å². The van der Waals surface area contributed by atoms with Crippen LogP contribution in [0, 0.1) is 0 Å². The molecule has 0 aliphatic rings. The molecule has 0 bridgehead atoms. The van der Waals surface area contributed by atoms with E-state index in [1.165, 1.54) is 18.2 Å². The van der Waals surface area contributed by atoms with Gasteiger partial charge in [0.15, 0.2) is 0 Å². The molecule has 2 rings (SSSR count). The van der Waals surface area contributed by atoms with E-state index in [1.807, 2.05) is 0 Å². The zero-order valence-electron chi connectivity index (χ0n) is 10.4. The summed E-state index contributed by atoms with van der Waals surface area (Å²) in [5.41, 5.74) is 6.85. The topological polar surface area (TPSA) is 92.4 Å². The van der Waals surface area contributed by atoms with Gasteiger partial charge in [0, 0.05) is 10.7 Å². The first kappa shape index (κ1) is 14.6. The number of halogens is 1. The number of rotatable bonds is 4. The number of aliphatic hydroxyl groups is 1. The van der Waals surface area contributed by atoms with Gasteiger partial charge in [-0.3, -0.25) is 4.72 Å². The summed E-state index contributed by atoms with van der Waals surface area (Å²) in [5.74, 6) is 0. The molecule has 0 unspecified atom stereocenters. The maximum Gasteiger partial charge on any atom is 0.263 e.